The Morgan fingerprint density at radius 1 is 1.11 bits per heavy atom. The Morgan fingerprint density at radius 2 is 1.84 bits per heavy atom. The van der Waals surface area contributed by atoms with Gasteiger partial charge in [0.15, 0.2) is 0 Å². The number of anilines is 1. The highest BCUT2D eigenvalue weighted by molar-refractivity contribution is 5.51. The van der Waals surface area contributed by atoms with Gasteiger partial charge in [-0.15, -0.1) is 0 Å². The Bertz CT molecular complexity index is 591. The molecular formula is C16H20N2O. The SMILES string of the molecule is Cc1ccc(N)c(Oc2cc(C(C)C)ccc2C)n1. The monoisotopic (exact) mass is 256 g/mol. The van der Waals surface area contributed by atoms with E-state index in [0.29, 0.717) is 17.5 Å². The van der Waals surface area contributed by atoms with Gasteiger partial charge in [0.05, 0.1) is 5.69 Å². The minimum absolute atomic E-state index is 0.464. The van der Waals surface area contributed by atoms with Crippen LogP contribution in [0.15, 0.2) is 30.3 Å². The lowest BCUT2D eigenvalue weighted by Gasteiger charge is -2.13. The zero-order valence-electron chi connectivity index (χ0n) is 11.9. The molecule has 0 amide bonds. The summed E-state index contributed by atoms with van der Waals surface area (Å²) in [6.07, 6.45) is 0. The number of rotatable bonds is 3. The summed E-state index contributed by atoms with van der Waals surface area (Å²) >= 11 is 0. The summed E-state index contributed by atoms with van der Waals surface area (Å²) in [6.45, 7) is 8.26. The van der Waals surface area contributed by atoms with Crippen molar-refractivity contribution in [3.8, 4) is 11.6 Å². The summed E-state index contributed by atoms with van der Waals surface area (Å²) in [5.74, 6) is 1.76. The van der Waals surface area contributed by atoms with Crippen LogP contribution in [0.3, 0.4) is 0 Å². The van der Waals surface area contributed by atoms with Crippen LogP contribution in [-0.2, 0) is 0 Å². The topological polar surface area (TPSA) is 48.1 Å². The van der Waals surface area contributed by atoms with Gasteiger partial charge in [-0.2, -0.15) is 0 Å². The Kier molecular flexibility index (Phi) is 3.74. The molecule has 2 rings (SSSR count). The van der Waals surface area contributed by atoms with E-state index in [1.165, 1.54) is 5.56 Å². The van der Waals surface area contributed by atoms with Crippen LogP contribution in [0.1, 0.15) is 36.6 Å². The van der Waals surface area contributed by atoms with Crippen molar-refractivity contribution < 1.29 is 4.74 Å². The predicted octanol–water partition coefficient (Wildman–Crippen LogP) is 4.20. The van der Waals surface area contributed by atoms with Gasteiger partial charge in [-0.05, 0) is 49.1 Å². The molecule has 0 saturated carbocycles. The van der Waals surface area contributed by atoms with Gasteiger partial charge in [0.2, 0.25) is 5.88 Å². The summed E-state index contributed by atoms with van der Waals surface area (Å²) in [5, 5.41) is 0. The fourth-order valence-electron chi connectivity index (χ4n) is 1.82. The maximum Gasteiger partial charge on any atom is 0.242 e. The summed E-state index contributed by atoms with van der Waals surface area (Å²) in [4.78, 5) is 4.34. The second kappa shape index (κ2) is 5.31. The number of nitrogens with zero attached hydrogens (tertiary/aromatic N) is 1. The van der Waals surface area contributed by atoms with Crippen molar-refractivity contribution in [1.82, 2.24) is 4.98 Å². The van der Waals surface area contributed by atoms with E-state index in [1.807, 2.05) is 26.0 Å². The third-order valence-corrected chi connectivity index (χ3v) is 3.11. The van der Waals surface area contributed by atoms with Crippen LogP contribution in [0.4, 0.5) is 5.69 Å². The lowest BCUT2D eigenvalue weighted by Crippen LogP contribution is -1.98. The Morgan fingerprint density at radius 3 is 2.53 bits per heavy atom. The quantitative estimate of drug-likeness (QED) is 0.895. The number of ether oxygens (including phenoxy) is 1. The van der Waals surface area contributed by atoms with Crippen molar-refractivity contribution in [2.24, 2.45) is 0 Å². The molecule has 1 heterocycles. The van der Waals surface area contributed by atoms with E-state index >= 15 is 0 Å². The van der Waals surface area contributed by atoms with Crippen LogP contribution < -0.4 is 10.5 Å². The van der Waals surface area contributed by atoms with Crippen LogP contribution in [0, 0.1) is 13.8 Å². The summed E-state index contributed by atoms with van der Waals surface area (Å²) < 4.78 is 5.88. The number of nitrogen functional groups attached to an aromatic ring is 1. The number of hydrogen-bond donors (Lipinski definition) is 1. The highest BCUT2D eigenvalue weighted by Crippen LogP contribution is 2.30. The number of benzene rings is 1. The van der Waals surface area contributed by atoms with Crippen molar-refractivity contribution in [2.75, 3.05) is 5.73 Å². The predicted molar refractivity (Wildman–Crippen MR) is 78.7 cm³/mol. The molecule has 0 unspecified atom stereocenters. The zero-order valence-corrected chi connectivity index (χ0v) is 11.9. The lowest BCUT2D eigenvalue weighted by atomic mass is 10.0. The molecule has 19 heavy (non-hydrogen) atoms. The molecule has 0 spiro atoms. The molecule has 0 aliphatic heterocycles. The third kappa shape index (κ3) is 3.05. The van der Waals surface area contributed by atoms with E-state index in [9.17, 15) is 0 Å². The third-order valence-electron chi connectivity index (χ3n) is 3.11. The van der Waals surface area contributed by atoms with Gasteiger partial charge in [-0.3, -0.25) is 0 Å². The van der Waals surface area contributed by atoms with Gasteiger partial charge in [0.1, 0.15) is 5.75 Å². The molecule has 3 heteroatoms. The number of hydrogen-bond acceptors (Lipinski definition) is 3. The average Bonchev–Trinajstić information content (AvgIpc) is 2.36. The van der Waals surface area contributed by atoms with Crippen molar-refractivity contribution in [1.29, 1.82) is 0 Å². The minimum atomic E-state index is 0.464. The first-order chi connectivity index (χ1) is 8.97. The van der Waals surface area contributed by atoms with E-state index in [4.69, 9.17) is 10.5 Å². The van der Waals surface area contributed by atoms with E-state index in [0.717, 1.165) is 17.0 Å². The first kappa shape index (κ1) is 13.4. The summed E-state index contributed by atoms with van der Waals surface area (Å²) in [5.41, 5.74) is 9.66. The second-order valence-electron chi connectivity index (χ2n) is 5.13. The first-order valence-electron chi connectivity index (χ1n) is 6.49. The van der Waals surface area contributed by atoms with E-state index in [-0.39, 0.29) is 0 Å². The maximum atomic E-state index is 5.90. The molecule has 100 valence electrons. The molecule has 1 aromatic carbocycles. The molecule has 3 nitrogen and oxygen atoms in total. The van der Waals surface area contributed by atoms with Crippen molar-refractivity contribution in [2.45, 2.75) is 33.6 Å². The Balaban J connectivity index is 2.37. The molecule has 2 aromatic rings. The fraction of sp³-hybridized carbons (Fsp3) is 0.312. The van der Waals surface area contributed by atoms with Crippen LogP contribution >= 0.6 is 0 Å². The van der Waals surface area contributed by atoms with E-state index < -0.39 is 0 Å². The Labute approximate surface area is 114 Å². The van der Waals surface area contributed by atoms with Crippen molar-refractivity contribution >= 4 is 5.69 Å². The van der Waals surface area contributed by atoms with Crippen LogP contribution in [0.2, 0.25) is 0 Å². The number of aromatic nitrogens is 1. The average molecular weight is 256 g/mol. The molecule has 0 atom stereocenters. The molecule has 0 saturated heterocycles. The van der Waals surface area contributed by atoms with Crippen LogP contribution in [0.5, 0.6) is 11.6 Å². The summed E-state index contributed by atoms with van der Waals surface area (Å²) in [6, 6.07) is 9.94. The molecule has 0 fully saturated rings. The fourth-order valence-corrected chi connectivity index (χ4v) is 1.82. The molecule has 0 bridgehead atoms. The molecule has 0 aliphatic rings. The van der Waals surface area contributed by atoms with Gasteiger partial charge in [0, 0.05) is 5.69 Å². The first-order valence-corrected chi connectivity index (χ1v) is 6.49. The van der Waals surface area contributed by atoms with Gasteiger partial charge in [0.25, 0.3) is 0 Å². The smallest absolute Gasteiger partial charge is 0.242 e. The van der Waals surface area contributed by atoms with E-state index in [1.54, 1.807) is 0 Å². The molecule has 2 N–H and O–H groups in total. The van der Waals surface area contributed by atoms with Crippen LogP contribution in [0.25, 0.3) is 0 Å². The van der Waals surface area contributed by atoms with Crippen LogP contribution in [-0.4, -0.2) is 4.98 Å². The standard InChI is InChI=1S/C16H20N2O/c1-10(2)13-7-5-11(3)15(9-13)19-16-14(17)8-6-12(4)18-16/h5-10H,17H2,1-4H3. The highest BCUT2D eigenvalue weighted by Gasteiger charge is 2.09. The minimum Gasteiger partial charge on any atom is -0.437 e. The number of aryl methyl sites for hydroxylation is 2. The van der Waals surface area contributed by atoms with Gasteiger partial charge < -0.3 is 10.5 Å². The zero-order chi connectivity index (χ0) is 14.0. The maximum absolute atomic E-state index is 5.90. The number of nitrogens with two attached hydrogens (primary N) is 1. The summed E-state index contributed by atoms with van der Waals surface area (Å²) in [7, 11) is 0. The molecular weight excluding hydrogens is 236 g/mol. The van der Waals surface area contributed by atoms with Crippen molar-refractivity contribution in [3.63, 3.8) is 0 Å². The molecule has 1 aromatic heterocycles. The molecule has 0 aliphatic carbocycles. The van der Waals surface area contributed by atoms with E-state index in [2.05, 4.69) is 37.0 Å². The van der Waals surface area contributed by atoms with Gasteiger partial charge >= 0.3 is 0 Å². The normalized spacial score (nSPS) is 10.8. The second-order valence-corrected chi connectivity index (χ2v) is 5.13. The lowest BCUT2D eigenvalue weighted by molar-refractivity contribution is 0.460. The highest BCUT2D eigenvalue weighted by atomic mass is 16.5. The van der Waals surface area contributed by atoms with Crippen molar-refractivity contribution in [3.05, 3.63) is 47.2 Å². The van der Waals surface area contributed by atoms with Gasteiger partial charge in [-0.25, -0.2) is 4.98 Å². The largest absolute Gasteiger partial charge is 0.437 e. The molecule has 0 radical (unpaired) electrons. The van der Waals surface area contributed by atoms with Gasteiger partial charge in [-0.1, -0.05) is 26.0 Å². The number of pyridine rings is 1. The Hall–Kier alpha value is -2.03.